The number of imidazole rings is 1. The maximum Gasteiger partial charge on any atom is 0.317 e. The number of fused-ring (bicyclic) bond motifs is 5. The van der Waals surface area contributed by atoms with Gasteiger partial charge in [-0.2, -0.15) is 20.3 Å². The molecule has 0 saturated carbocycles. The summed E-state index contributed by atoms with van der Waals surface area (Å²) >= 11 is 1.52. The van der Waals surface area contributed by atoms with Crippen LogP contribution in [0.2, 0.25) is 0 Å². The van der Waals surface area contributed by atoms with Gasteiger partial charge in [0.2, 0.25) is 0 Å². The van der Waals surface area contributed by atoms with E-state index in [1.807, 2.05) is 29.9 Å². The molecule has 1 aliphatic carbocycles. The smallest absolute Gasteiger partial charge is 0.317 e. The predicted molar refractivity (Wildman–Crippen MR) is 200 cm³/mol. The maximum atomic E-state index is 14.7. The van der Waals surface area contributed by atoms with Crippen molar-refractivity contribution in [3.8, 4) is 23.6 Å². The first-order chi connectivity index (χ1) is 25.8. The number of nitrogen functional groups attached to an aromatic ring is 1. The molecule has 13 nitrogen and oxygen atoms in total. The van der Waals surface area contributed by atoms with E-state index in [9.17, 15) is 9.65 Å². The Hall–Kier alpha value is -5.25. The fourth-order valence-corrected chi connectivity index (χ4v) is 10.9. The summed E-state index contributed by atoms with van der Waals surface area (Å²) in [6, 6.07) is 12.7. The Labute approximate surface area is 310 Å². The molecule has 3 saturated heterocycles. The molecule has 5 aliphatic rings. The highest BCUT2D eigenvalue weighted by atomic mass is 32.1. The molecule has 2 N–H and O–H groups in total. The number of para-hydroxylation sites is 2. The number of anilines is 3. The largest absolute Gasteiger partial charge is 0.461 e. The lowest BCUT2D eigenvalue weighted by Crippen LogP contribution is -2.59. The molecule has 2 atom stereocenters. The van der Waals surface area contributed by atoms with Gasteiger partial charge in [-0.15, -0.1) is 11.3 Å². The predicted octanol–water partition coefficient (Wildman–Crippen LogP) is 5.36. The highest BCUT2D eigenvalue weighted by Gasteiger charge is 2.53. The molecule has 10 rings (SSSR count). The molecule has 0 amide bonds. The molecule has 8 heterocycles. The molecular weight excluding hydrogens is 692 g/mol. The van der Waals surface area contributed by atoms with Crippen LogP contribution in [0, 0.1) is 17.9 Å². The van der Waals surface area contributed by atoms with Gasteiger partial charge < -0.3 is 24.8 Å². The summed E-state index contributed by atoms with van der Waals surface area (Å²) in [7, 11) is 2.01. The minimum absolute atomic E-state index is 0.203. The molecule has 0 bridgehead atoms. The molecule has 4 aromatic heterocycles. The Morgan fingerprint density at radius 1 is 1.11 bits per heavy atom. The van der Waals surface area contributed by atoms with Crippen LogP contribution in [-0.4, -0.2) is 85.2 Å². The summed E-state index contributed by atoms with van der Waals surface area (Å²) in [6.07, 6.45) is 4.08. The highest BCUT2D eigenvalue weighted by Crippen LogP contribution is 2.54. The average Bonchev–Trinajstić information content (AvgIpc) is 3.97. The molecule has 3 fully saturated rings. The normalized spacial score (nSPS) is 23.1. The standard InChI is InChI=1S/C38H39FN12OS/c1-42-31-34(48-12-6-14-51-24(19-48)15-27(46-51)33-43-26-7-3-4-8-28(26)47(33)2)44-36(52-22-38-10-5-13-50(38)18-23(39)16-38)45-35(31)49-20-37(21-49)11-9-29-30(37)25(17-40)32(41)53-29/h3-4,7-8,15,23H,5-6,9-14,16,18-22,41H2,2H3/t23-,38+/m1/s1. The number of rotatable bonds is 6. The SMILES string of the molecule is [C-]#[N+]c1c(N2CCCn3nc(-c4nc5ccccc5n4C)cc3C2)nc(OC[C@@]23CCCN2C[C@H](F)C3)nc1N1CC2(CCc3sc(N)c(C#N)c32)C1. The van der Waals surface area contributed by atoms with Crippen molar-refractivity contribution < 1.29 is 9.13 Å². The molecule has 0 radical (unpaired) electrons. The van der Waals surface area contributed by atoms with Crippen LogP contribution in [-0.2, 0) is 32.0 Å². The zero-order chi connectivity index (χ0) is 36.1. The Morgan fingerprint density at radius 2 is 1.94 bits per heavy atom. The van der Waals surface area contributed by atoms with E-state index in [0.29, 0.717) is 73.6 Å². The van der Waals surface area contributed by atoms with Gasteiger partial charge in [0.1, 0.15) is 41.2 Å². The lowest BCUT2D eigenvalue weighted by Gasteiger charge is -2.50. The number of nitrogens with zero attached hydrogens (tertiary/aromatic N) is 11. The number of hydrogen-bond donors (Lipinski definition) is 1. The number of nitriles is 1. The number of benzene rings is 1. The van der Waals surface area contributed by atoms with E-state index < -0.39 is 6.17 Å². The Bertz CT molecular complexity index is 2380. The third kappa shape index (κ3) is 4.93. The van der Waals surface area contributed by atoms with Crippen LogP contribution in [0.15, 0.2) is 30.3 Å². The molecule has 270 valence electrons. The van der Waals surface area contributed by atoms with Crippen molar-refractivity contribution in [1.82, 2.24) is 34.2 Å². The van der Waals surface area contributed by atoms with Crippen LogP contribution in [0.25, 0.3) is 27.4 Å². The highest BCUT2D eigenvalue weighted by molar-refractivity contribution is 7.16. The van der Waals surface area contributed by atoms with E-state index in [-0.39, 0.29) is 17.0 Å². The van der Waals surface area contributed by atoms with E-state index in [1.54, 1.807) is 0 Å². The summed E-state index contributed by atoms with van der Waals surface area (Å²) in [5.74, 6) is 1.87. The summed E-state index contributed by atoms with van der Waals surface area (Å²) in [4.78, 5) is 26.6. The quantitative estimate of drug-likeness (QED) is 0.228. The first-order valence-electron chi connectivity index (χ1n) is 18.4. The van der Waals surface area contributed by atoms with Crippen molar-refractivity contribution in [2.24, 2.45) is 7.05 Å². The van der Waals surface area contributed by atoms with Crippen molar-refractivity contribution in [3.63, 3.8) is 0 Å². The number of alkyl halides is 1. The van der Waals surface area contributed by atoms with Crippen molar-refractivity contribution in [2.45, 2.75) is 68.7 Å². The van der Waals surface area contributed by atoms with Crippen LogP contribution in [0.3, 0.4) is 0 Å². The minimum atomic E-state index is -0.871. The van der Waals surface area contributed by atoms with Gasteiger partial charge in [0.25, 0.3) is 5.69 Å². The molecule has 53 heavy (non-hydrogen) atoms. The Kier molecular flexibility index (Phi) is 7.26. The summed E-state index contributed by atoms with van der Waals surface area (Å²) in [5.41, 5.74) is 11.5. The molecule has 0 unspecified atom stereocenters. The maximum absolute atomic E-state index is 14.7. The lowest BCUT2D eigenvalue weighted by molar-refractivity contribution is 0.107. The fourth-order valence-electron chi connectivity index (χ4n) is 9.77. The van der Waals surface area contributed by atoms with Gasteiger partial charge in [0, 0.05) is 56.5 Å². The minimum Gasteiger partial charge on any atom is -0.461 e. The molecular formula is C38H39FN12OS. The topological polar surface area (TPSA) is 135 Å². The van der Waals surface area contributed by atoms with E-state index in [4.69, 9.17) is 37.1 Å². The van der Waals surface area contributed by atoms with E-state index >= 15 is 0 Å². The Balaban J connectivity index is 1.01. The molecule has 1 aromatic carbocycles. The Morgan fingerprint density at radius 3 is 2.75 bits per heavy atom. The van der Waals surface area contributed by atoms with Crippen molar-refractivity contribution in [2.75, 3.05) is 54.9 Å². The fraction of sp³-hybridized carbons (Fsp3) is 0.474. The number of ether oxygens (including phenoxy) is 1. The molecule has 4 aliphatic heterocycles. The number of halogens is 1. The number of aryl methyl sites for hydroxylation is 3. The molecule has 15 heteroatoms. The second kappa shape index (κ2) is 11.9. The summed E-state index contributed by atoms with van der Waals surface area (Å²) in [5, 5.41) is 15.6. The zero-order valence-corrected chi connectivity index (χ0v) is 30.4. The number of nitrogens with two attached hydrogens (primary N) is 1. The van der Waals surface area contributed by atoms with E-state index in [2.05, 4.69) is 42.3 Å². The zero-order valence-electron chi connectivity index (χ0n) is 29.6. The van der Waals surface area contributed by atoms with Crippen molar-refractivity contribution in [1.29, 1.82) is 5.26 Å². The van der Waals surface area contributed by atoms with Crippen LogP contribution in [0.4, 0.5) is 26.7 Å². The van der Waals surface area contributed by atoms with Gasteiger partial charge in [-0.3, -0.25) is 9.58 Å². The van der Waals surface area contributed by atoms with Crippen LogP contribution < -0.4 is 20.3 Å². The lowest BCUT2D eigenvalue weighted by atomic mass is 9.74. The summed E-state index contributed by atoms with van der Waals surface area (Å²) in [6.45, 7) is 13.2. The van der Waals surface area contributed by atoms with Gasteiger partial charge >= 0.3 is 6.01 Å². The van der Waals surface area contributed by atoms with Gasteiger partial charge in [0.05, 0.1) is 40.9 Å². The molecule has 1 spiro atoms. The van der Waals surface area contributed by atoms with Crippen LogP contribution >= 0.6 is 11.3 Å². The first kappa shape index (κ1) is 32.4. The van der Waals surface area contributed by atoms with Gasteiger partial charge in [-0.1, -0.05) is 12.1 Å². The summed E-state index contributed by atoms with van der Waals surface area (Å²) < 4.78 is 25.3. The van der Waals surface area contributed by atoms with E-state index in [1.165, 1.54) is 16.2 Å². The second-order valence-corrected chi connectivity index (χ2v) is 16.5. The average molecular weight is 731 g/mol. The molecule has 5 aromatic rings. The number of thiophene rings is 1. The van der Waals surface area contributed by atoms with Crippen LogP contribution in [0.5, 0.6) is 6.01 Å². The van der Waals surface area contributed by atoms with Gasteiger partial charge in [-0.05, 0) is 62.4 Å². The van der Waals surface area contributed by atoms with Crippen molar-refractivity contribution >= 4 is 44.7 Å². The van der Waals surface area contributed by atoms with E-state index in [0.717, 1.165) is 79.0 Å². The second-order valence-electron chi connectivity index (χ2n) is 15.4. The number of hydrogen-bond acceptors (Lipinski definition) is 11. The van der Waals surface area contributed by atoms with Crippen LogP contribution in [0.1, 0.15) is 53.8 Å². The first-order valence-corrected chi connectivity index (χ1v) is 19.2. The third-order valence-electron chi connectivity index (χ3n) is 12.3. The van der Waals surface area contributed by atoms with Crippen molar-refractivity contribution in [3.05, 3.63) is 63.4 Å². The monoisotopic (exact) mass is 730 g/mol. The third-order valence-corrected chi connectivity index (χ3v) is 13.3. The number of aromatic nitrogens is 6. The van der Waals surface area contributed by atoms with Gasteiger partial charge in [0.15, 0.2) is 5.82 Å². The van der Waals surface area contributed by atoms with Gasteiger partial charge in [-0.25, -0.2) is 14.2 Å².